The molecule has 1 heteroatoms. The molecule has 0 aromatic carbocycles. The Balaban J connectivity index is 2.19. The summed E-state index contributed by atoms with van der Waals surface area (Å²) in [4.78, 5) is 0. The van der Waals surface area contributed by atoms with Crippen molar-refractivity contribution in [2.75, 3.05) is 11.5 Å². The predicted octanol–water partition coefficient (Wildman–Crippen LogP) is 2.71. The van der Waals surface area contributed by atoms with Gasteiger partial charge >= 0.3 is 0 Å². The summed E-state index contributed by atoms with van der Waals surface area (Å²) >= 11 is 2.08. The maximum absolute atomic E-state index is 3.91. The molecule has 52 valence electrons. The van der Waals surface area contributed by atoms with Crippen molar-refractivity contribution in [2.24, 2.45) is 5.92 Å². The molecule has 1 aliphatic heterocycles. The summed E-state index contributed by atoms with van der Waals surface area (Å²) in [5, 5.41) is 0. The van der Waals surface area contributed by atoms with Crippen molar-refractivity contribution < 1.29 is 0 Å². The third-order valence-electron chi connectivity index (χ3n) is 1.66. The molecule has 0 radical (unpaired) electrons. The van der Waals surface area contributed by atoms with Gasteiger partial charge in [-0.3, -0.25) is 0 Å². The summed E-state index contributed by atoms with van der Waals surface area (Å²) in [6.07, 6.45) is 2.67. The van der Waals surface area contributed by atoms with Gasteiger partial charge in [-0.2, -0.15) is 11.8 Å². The highest BCUT2D eigenvalue weighted by Crippen LogP contribution is 2.27. The second kappa shape index (κ2) is 3.31. The minimum absolute atomic E-state index is 0.951. The van der Waals surface area contributed by atoms with E-state index >= 15 is 0 Å². The third kappa shape index (κ3) is 2.44. The highest BCUT2D eigenvalue weighted by atomic mass is 32.2. The molecule has 1 atom stereocenters. The Bertz CT molecular complexity index is 101. The Morgan fingerprint density at radius 3 is 3.00 bits per heavy atom. The van der Waals surface area contributed by atoms with Crippen LogP contribution in [0, 0.1) is 5.92 Å². The molecule has 1 saturated heterocycles. The van der Waals surface area contributed by atoms with E-state index in [-0.39, 0.29) is 0 Å². The highest BCUT2D eigenvalue weighted by molar-refractivity contribution is 7.99. The van der Waals surface area contributed by atoms with Gasteiger partial charge in [0, 0.05) is 0 Å². The van der Waals surface area contributed by atoms with E-state index in [1.165, 1.54) is 29.9 Å². The molecule has 1 aliphatic rings. The molecule has 1 heterocycles. The minimum atomic E-state index is 0.951. The van der Waals surface area contributed by atoms with Gasteiger partial charge in [0.25, 0.3) is 0 Å². The first-order valence-corrected chi connectivity index (χ1v) is 4.66. The number of hydrogen-bond donors (Lipinski definition) is 0. The van der Waals surface area contributed by atoms with Gasteiger partial charge in [-0.25, -0.2) is 0 Å². The normalized spacial score (nSPS) is 26.6. The number of allylic oxidation sites excluding steroid dienone is 1. The third-order valence-corrected chi connectivity index (χ3v) is 2.89. The van der Waals surface area contributed by atoms with Crippen molar-refractivity contribution in [3.63, 3.8) is 0 Å². The van der Waals surface area contributed by atoms with E-state index in [1.54, 1.807) is 0 Å². The summed E-state index contributed by atoms with van der Waals surface area (Å²) in [6.45, 7) is 6.04. The SMILES string of the molecule is C=C(C)CC1CCSC1. The maximum Gasteiger partial charge on any atom is -0.00358 e. The molecule has 0 saturated carbocycles. The molecule has 0 amide bonds. The van der Waals surface area contributed by atoms with Crippen LogP contribution in [0.1, 0.15) is 19.8 Å². The van der Waals surface area contributed by atoms with Crippen LogP contribution in [0.4, 0.5) is 0 Å². The lowest BCUT2D eigenvalue weighted by Crippen LogP contribution is -1.96. The molecule has 1 unspecified atom stereocenters. The van der Waals surface area contributed by atoms with Gasteiger partial charge in [0.05, 0.1) is 0 Å². The predicted molar refractivity (Wildman–Crippen MR) is 44.9 cm³/mol. The number of thioether (sulfide) groups is 1. The first-order valence-electron chi connectivity index (χ1n) is 3.51. The van der Waals surface area contributed by atoms with E-state index in [0.717, 1.165) is 5.92 Å². The molecular weight excluding hydrogens is 128 g/mol. The lowest BCUT2D eigenvalue weighted by atomic mass is 10.0. The van der Waals surface area contributed by atoms with Crippen molar-refractivity contribution in [1.29, 1.82) is 0 Å². The molecule has 0 aromatic rings. The summed E-state index contributed by atoms with van der Waals surface area (Å²) in [6, 6.07) is 0. The molecular formula is C8H14S. The van der Waals surface area contributed by atoms with Crippen molar-refractivity contribution in [2.45, 2.75) is 19.8 Å². The molecule has 0 aromatic heterocycles. The van der Waals surface area contributed by atoms with Crippen molar-refractivity contribution in [3.8, 4) is 0 Å². The lowest BCUT2D eigenvalue weighted by Gasteiger charge is -2.05. The number of hydrogen-bond acceptors (Lipinski definition) is 1. The smallest absolute Gasteiger partial charge is 0.00358 e. The van der Waals surface area contributed by atoms with Crippen LogP contribution in [0.25, 0.3) is 0 Å². The van der Waals surface area contributed by atoms with Crippen molar-refractivity contribution in [3.05, 3.63) is 12.2 Å². The fraction of sp³-hybridized carbons (Fsp3) is 0.750. The molecule has 0 aliphatic carbocycles. The number of rotatable bonds is 2. The van der Waals surface area contributed by atoms with Gasteiger partial charge in [-0.05, 0) is 37.2 Å². The first-order chi connectivity index (χ1) is 4.29. The van der Waals surface area contributed by atoms with E-state index in [4.69, 9.17) is 0 Å². The van der Waals surface area contributed by atoms with E-state index in [1.807, 2.05) is 0 Å². The van der Waals surface area contributed by atoms with Crippen molar-refractivity contribution >= 4 is 11.8 Å². The van der Waals surface area contributed by atoms with Gasteiger partial charge in [-0.1, -0.05) is 5.57 Å². The van der Waals surface area contributed by atoms with Gasteiger partial charge < -0.3 is 0 Å². The summed E-state index contributed by atoms with van der Waals surface area (Å²) in [5.74, 6) is 3.69. The van der Waals surface area contributed by atoms with E-state index in [9.17, 15) is 0 Å². The Hall–Kier alpha value is 0.0900. The molecule has 0 nitrogen and oxygen atoms in total. The van der Waals surface area contributed by atoms with Gasteiger partial charge in [0.1, 0.15) is 0 Å². The zero-order chi connectivity index (χ0) is 6.69. The van der Waals surface area contributed by atoms with Crippen LogP contribution in [0.3, 0.4) is 0 Å². The van der Waals surface area contributed by atoms with E-state index in [2.05, 4.69) is 25.3 Å². The zero-order valence-electron chi connectivity index (χ0n) is 6.02. The standard InChI is InChI=1S/C8H14S/c1-7(2)5-8-3-4-9-6-8/h8H,1,3-6H2,2H3. The summed E-state index contributed by atoms with van der Waals surface area (Å²) < 4.78 is 0. The fourth-order valence-electron chi connectivity index (χ4n) is 1.24. The van der Waals surface area contributed by atoms with Crippen molar-refractivity contribution in [1.82, 2.24) is 0 Å². The zero-order valence-corrected chi connectivity index (χ0v) is 6.84. The fourth-order valence-corrected chi connectivity index (χ4v) is 2.52. The molecule has 9 heavy (non-hydrogen) atoms. The molecule has 1 fully saturated rings. The van der Waals surface area contributed by atoms with E-state index < -0.39 is 0 Å². The average Bonchev–Trinajstić information content (AvgIpc) is 2.15. The van der Waals surface area contributed by atoms with Crippen LogP contribution >= 0.6 is 11.8 Å². The second-order valence-corrected chi connectivity index (χ2v) is 4.04. The first kappa shape index (κ1) is 7.20. The molecule has 0 N–H and O–H groups in total. The Labute approximate surface area is 61.7 Å². The molecule has 0 spiro atoms. The van der Waals surface area contributed by atoms with Gasteiger partial charge in [-0.15, -0.1) is 6.58 Å². The maximum atomic E-state index is 3.91. The van der Waals surface area contributed by atoms with Crippen LogP contribution in [0.5, 0.6) is 0 Å². The molecule has 1 rings (SSSR count). The van der Waals surface area contributed by atoms with Gasteiger partial charge in [0.15, 0.2) is 0 Å². The Kier molecular flexibility index (Phi) is 2.65. The van der Waals surface area contributed by atoms with Crippen LogP contribution in [-0.4, -0.2) is 11.5 Å². The topological polar surface area (TPSA) is 0 Å². The van der Waals surface area contributed by atoms with Crippen LogP contribution in [0.2, 0.25) is 0 Å². The van der Waals surface area contributed by atoms with Crippen LogP contribution in [0.15, 0.2) is 12.2 Å². The lowest BCUT2D eigenvalue weighted by molar-refractivity contribution is 0.593. The van der Waals surface area contributed by atoms with E-state index in [0.29, 0.717) is 0 Å². The summed E-state index contributed by atoms with van der Waals surface area (Å²) in [5.41, 5.74) is 1.35. The largest absolute Gasteiger partial charge is 0.162 e. The van der Waals surface area contributed by atoms with Crippen LogP contribution in [-0.2, 0) is 0 Å². The average molecular weight is 142 g/mol. The Morgan fingerprint density at radius 1 is 1.78 bits per heavy atom. The molecule has 0 bridgehead atoms. The quantitative estimate of drug-likeness (QED) is 0.534. The monoisotopic (exact) mass is 142 g/mol. The summed E-state index contributed by atoms with van der Waals surface area (Å²) in [7, 11) is 0. The minimum Gasteiger partial charge on any atom is -0.162 e. The second-order valence-electron chi connectivity index (χ2n) is 2.89. The highest BCUT2D eigenvalue weighted by Gasteiger charge is 2.14. The van der Waals surface area contributed by atoms with Gasteiger partial charge in [0.2, 0.25) is 0 Å². The Morgan fingerprint density at radius 2 is 2.56 bits per heavy atom. The van der Waals surface area contributed by atoms with Crippen LogP contribution < -0.4 is 0 Å².